The van der Waals surface area contributed by atoms with Crippen LogP contribution in [-0.4, -0.2) is 54.7 Å². The van der Waals surface area contributed by atoms with Gasteiger partial charge in [-0.1, -0.05) is 5.16 Å². The van der Waals surface area contributed by atoms with E-state index in [0.717, 1.165) is 36.9 Å². The van der Waals surface area contributed by atoms with Gasteiger partial charge in [0, 0.05) is 43.6 Å². The first-order valence-corrected chi connectivity index (χ1v) is 10.1. The third kappa shape index (κ3) is 3.95. The highest BCUT2D eigenvalue weighted by molar-refractivity contribution is 5.88. The Kier molecular flexibility index (Phi) is 5.58. The highest BCUT2D eigenvalue weighted by Gasteiger charge is 2.46. The minimum Gasteiger partial charge on any atom is -0.384 e. The molecule has 0 spiro atoms. The molecule has 2 aliphatic carbocycles. The van der Waals surface area contributed by atoms with Crippen LogP contribution in [0.5, 0.6) is 0 Å². The first kappa shape index (κ1) is 20.8. The van der Waals surface area contributed by atoms with Crippen LogP contribution in [0.15, 0.2) is 4.52 Å². The van der Waals surface area contributed by atoms with Crippen LogP contribution in [0.1, 0.15) is 63.0 Å². The van der Waals surface area contributed by atoms with Crippen LogP contribution in [-0.2, 0) is 19.7 Å². The Morgan fingerprint density at radius 2 is 1.96 bits per heavy atom. The molecule has 7 heteroatoms. The maximum absolute atomic E-state index is 12.9. The average Bonchev–Trinajstić information content (AvgIpc) is 3.24. The number of nitrogens with one attached hydrogen (secondary N) is 1. The van der Waals surface area contributed by atoms with Crippen molar-refractivity contribution in [2.75, 3.05) is 20.8 Å². The quantitative estimate of drug-likeness (QED) is 0.736. The van der Waals surface area contributed by atoms with E-state index in [9.17, 15) is 9.59 Å². The number of hydrogen-bond donors (Lipinski definition) is 1. The normalized spacial score (nSPS) is 23.1. The summed E-state index contributed by atoms with van der Waals surface area (Å²) in [7, 11) is 3.57. The Morgan fingerprint density at radius 3 is 2.46 bits per heavy atom. The lowest BCUT2D eigenvalue weighted by Crippen LogP contribution is -2.56. The Balaban J connectivity index is 1.50. The largest absolute Gasteiger partial charge is 0.384 e. The highest BCUT2D eigenvalue weighted by Crippen LogP contribution is 2.49. The van der Waals surface area contributed by atoms with Gasteiger partial charge in [0.05, 0.1) is 17.7 Å². The Bertz CT molecular complexity index is 725. The summed E-state index contributed by atoms with van der Waals surface area (Å²) in [4.78, 5) is 27.3. The Labute approximate surface area is 167 Å². The minimum absolute atomic E-state index is 0.0312. The molecule has 0 saturated heterocycles. The van der Waals surface area contributed by atoms with E-state index in [0.29, 0.717) is 18.8 Å². The Hall–Kier alpha value is -1.89. The van der Waals surface area contributed by atoms with Crippen molar-refractivity contribution >= 4 is 11.8 Å². The van der Waals surface area contributed by atoms with Crippen molar-refractivity contribution in [1.29, 1.82) is 0 Å². The van der Waals surface area contributed by atoms with Crippen molar-refractivity contribution in [2.24, 2.45) is 5.41 Å². The lowest BCUT2D eigenvalue weighted by Gasteiger charge is -2.42. The summed E-state index contributed by atoms with van der Waals surface area (Å²) in [6.07, 6.45) is 4.29. The Morgan fingerprint density at radius 1 is 1.32 bits per heavy atom. The van der Waals surface area contributed by atoms with Crippen molar-refractivity contribution in [1.82, 2.24) is 15.4 Å². The third-order valence-corrected chi connectivity index (χ3v) is 6.55. The molecule has 0 radical (unpaired) electrons. The molecular weight excluding hydrogens is 358 g/mol. The van der Waals surface area contributed by atoms with E-state index < -0.39 is 5.41 Å². The van der Waals surface area contributed by atoms with Crippen LogP contribution < -0.4 is 5.32 Å². The fraction of sp³-hybridized carbons (Fsp3) is 0.762. The van der Waals surface area contributed by atoms with Crippen molar-refractivity contribution in [3.05, 3.63) is 17.0 Å². The van der Waals surface area contributed by atoms with E-state index in [-0.39, 0.29) is 29.3 Å². The van der Waals surface area contributed by atoms with Gasteiger partial charge in [-0.05, 0) is 53.4 Å². The number of methoxy groups -OCH3 is 1. The van der Waals surface area contributed by atoms with Gasteiger partial charge in [0.25, 0.3) is 0 Å². The van der Waals surface area contributed by atoms with Gasteiger partial charge in [-0.2, -0.15) is 0 Å². The van der Waals surface area contributed by atoms with Crippen molar-refractivity contribution in [3.8, 4) is 0 Å². The highest BCUT2D eigenvalue weighted by atomic mass is 16.5. The molecule has 2 fully saturated rings. The molecule has 2 aliphatic rings. The molecular formula is C21H33N3O4. The molecule has 1 heterocycles. The van der Waals surface area contributed by atoms with Gasteiger partial charge in [-0.3, -0.25) is 9.59 Å². The predicted octanol–water partition coefficient (Wildman–Crippen LogP) is 2.49. The number of carbonyl (C=O) groups is 2. The molecule has 2 amide bonds. The first-order chi connectivity index (χ1) is 13.1. The summed E-state index contributed by atoms with van der Waals surface area (Å²) >= 11 is 0. The van der Waals surface area contributed by atoms with Crippen molar-refractivity contribution in [3.63, 3.8) is 0 Å². The lowest BCUT2D eigenvalue weighted by molar-refractivity contribution is -0.136. The molecule has 3 rings (SSSR count). The number of aryl methyl sites for hydroxylation is 2. The smallest absolute Gasteiger partial charge is 0.230 e. The third-order valence-electron chi connectivity index (χ3n) is 6.55. The maximum atomic E-state index is 12.9. The van der Waals surface area contributed by atoms with Gasteiger partial charge in [0.1, 0.15) is 5.76 Å². The molecule has 1 aromatic rings. The number of carbonyl (C=O) groups excluding carboxylic acids is 2. The van der Waals surface area contributed by atoms with Gasteiger partial charge in [0.15, 0.2) is 0 Å². The van der Waals surface area contributed by atoms with Gasteiger partial charge >= 0.3 is 0 Å². The monoisotopic (exact) mass is 391 g/mol. The minimum atomic E-state index is -0.709. The molecule has 7 nitrogen and oxygen atoms in total. The summed E-state index contributed by atoms with van der Waals surface area (Å²) in [5.74, 6) is 0.830. The first-order valence-electron chi connectivity index (χ1n) is 10.1. The molecule has 0 atom stereocenters. The van der Waals surface area contributed by atoms with Crippen molar-refractivity contribution in [2.45, 2.75) is 77.3 Å². The molecule has 1 aromatic heterocycles. The number of amides is 2. The molecule has 1 N–H and O–H groups in total. The SMILES string of the molecule is COCC1(CC(=O)N(C)C2CC(NC(=O)C(C)(C)c3c(C)noc3C)C2)CC1. The zero-order chi connectivity index (χ0) is 20.7. The van der Waals surface area contributed by atoms with Crippen LogP contribution in [0.25, 0.3) is 0 Å². The van der Waals surface area contributed by atoms with Gasteiger partial charge in [-0.25, -0.2) is 0 Å². The summed E-state index contributed by atoms with van der Waals surface area (Å²) in [5, 5.41) is 7.11. The summed E-state index contributed by atoms with van der Waals surface area (Å²) < 4.78 is 10.5. The van der Waals surface area contributed by atoms with Crippen LogP contribution in [0.2, 0.25) is 0 Å². The second kappa shape index (κ2) is 7.50. The van der Waals surface area contributed by atoms with Gasteiger partial charge in [-0.15, -0.1) is 0 Å². The molecule has 2 saturated carbocycles. The second-order valence-corrected chi connectivity index (χ2v) is 9.23. The number of nitrogens with zero attached hydrogens (tertiary/aromatic N) is 2. The van der Waals surface area contributed by atoms with Gasteiger partial charge < -0.3 is 19.5 Å². The van der Waals surface area contributed by atoms with E-state index in [1.54, 1.807) is 7.11 Å². The summed E-state index contributed by atoms with van der Waals surface area (Å²) in [5.41, 5.74) is 0.954. The average molecular weight is 392 g/mol. The number of aromatic nitrogens is 1. The summed E-state index contributed by atoms with van der Waals surface area (Å²) in [6.45, 7) is 8.14. The van der Waals surface area contributed by atoms with Crippen LogP contribution in [0, 0.1) is 19.3 Å². The van der Waals surface area contributed by atoms with Crippen LogP contribution in [0.3, 0.4) is 0 Å². The van der Waals surface area contributed by atoms with E-state index >= 15 is 0 Å². The standard InChI is InChI=1S/C21H33N3O4/c1-13-18(14(2)28-23-13)20(3,4)19(26)22-15-9-16(10-15)24(5)17(25)11-21(7-8-21)12-27-6/h15-16H,7-12H2,1-6H3,(H,22,26). The molecule has 156 valence electrons. The zero-order valence-electron chi connectivity index (χ0n) is 17.9. The second-order valence-electron chi connectivity index (χ2n) is 9.23. The van der Waals surface area contributed by atoms with Gasteiger partial charge in [0.2, 0.25) is 11.8 Å². The van der Waals surface area contributed by atoms with E-state index in [1.807, 2.05) is 39.6 Å². The van der Waals surface area contributed by atoms with E-state index in [2.05, 4.69) is 10.5 Å². The molecule has 0 aromatic carbocycles. The topological polar surface area (TPSA) is 84.7 Å². The zero-order valence-corrected chi connectivity index (χ0v) is 17.9. The summed E-state index contributed by atoms with van der Waals surface area (Å²) in [6, 6.07) is 0.291. The maximum Gasteiger partial charge on any atom is 0.230 e. The van der Waals surface area contributed by atoms with Crippen molar-refractivity contribution < 1.29 is 18.8 Å². The van der Waals surface area contributed by atoms with Crippen LogP contribution >= 0.6 is 0 Å². The number of hydrogen-bond acceptors (Lipinski definition) is 5. The van der Waals surface area contributed by atoms with E-state index in [1.165, 1.54) is 0 Å². The lowest BCUT2D eigenvalue weighted by atomic mass is 9.80. The molecule has 0 bridgehead atoms. The van der Waals surface area contributed by atoms with E-state index in [4.69, 9.17) is 9.26 Å². The fourth-order valence-corrected chi connectivity index (χ4v) is 4.38. The fourth-order valence-electron chi connectivity index (χ4n) is 4.38. The predicted molar refractivity (Wildman–Crippen MR) is 105 cm³/mol. The molecule has 28 heavy (non-hydrogen) atoms. The van der Waals surface area contributed by atoms with Crippen LogP contribution in [0.4, 0.5) is 0 Å². The number of ether oxygens (including phenoxy) is 1. The molecule has 0 unspecified atom stereocenters. The molecule has 0 aliphatic heterocycles. The number of rotatable bonds is 8.